The molecule has 4 N–H and O–H groups in total. The van der Waals surface area contributed by atoms with Gasteiger partial charge in [-0.3, -0.25) is 0 Å². The molecule has 0 radical (unpaired) electrons. The molecule has 0 saturated carbocycles. The van der Waals surface area contributed by atoms with Crippen LogP contribution in [0.4, 0.5) is 11.9 Å². The molecule has 0 atom stereocenters. The molecule has 0 aliphatic heterocycles. The first kappa shape index (κ1) is 20.2. The van der Waals surface area contributed by atoms with E-state index in [1.54, 1.807) is 18.2 Å². The van der Waals surface area contributed by atoms with Crippen LogP contribution in [0.25, 0.3) is 0 Å². The number of nitrogens with zero attached hydrogens (tertiary/aromatic N) is 3. The topological polar surface area (TPSA) is 135 Å². The summed E-state index contributed by atoms with van der Waals surface area (Å²) in [6.45, 7) is 0.0465. The van der Waals surface area contributed by atoms with E-state index in [9.17, 15) is 4.79 Å². The molecule has 3 rings (SSSR count). The van der Waals surface area contributed by atoms with Gasteiger partial charge < -0.3 is 25.7 Å². The third-order valence-corrected chi connectivity index (χ3v) is 4.16. The Labute approximate surface area is 171 Å². The Hall–Kier alpha value is -3.59. The van der Waals surface area contributed by atoms with Crippen LogP contribution >= 0.6 is 11.6 Å². The number of benzene rings is 2. The van der Waals surface area contributed by atoms with Crippen LogP contribution in [0.3, 0.4) is 0 Å². The number of methoxy groups -OCH3 is 1. The maximum Gasteiger partial charge on any atom is 0.338 e. The van der Waals surface area contributed by atoms with Crippen molar-refractivity contribution in [3.63, 3.8) is 0 Å². The minimum atomic E-state index is -0.599. The molecule has 10 heteroatoms. The first-order valence-corrected chi connectivity index (χ1v) is 8.81. The first-order valence-electron chi connectivity index (χ1n) is 8.43. The van der Waals surface area contributed by atoms with Crippen LogP contribution in [0.5, 0.6) is 11.5 Å². The first-order chi connectivity index (χ1) is 14.0. The Morgan fingerprint density at radius 3 is 2.41 bits per heavy atom. The highest BCUT2D eigenvalue weighted by Crippen LogP contribution is 2.30. The van der Waals surface area contributed by atoms with E-state index in [0.717, 1.165) is 5.56 Å². The fourth-order valence-electron chi connectivity index (χ4n) is 2.42. The van der Waals surface area contributed by atoms with Gasteiger partial charge in [-0.2, -0.15) is 15.0 Å². The summed E-state index contributed by atoms with van der Waals surface area (Å²) in [4.78, 5) is 23.7. The van der Waals surface area contributed by atoms with E-state index in [0.29, 0.717) is 16.5 Å². The van der Waals surface area contributed by atoms with E-state index in [4.69, 9.17) is 37.3 Å². The lowest BCUT2D eigenvalue weighted by molar-refractivity contribution is 0.0461. The zero-order valence-electron chi connectivity index (χ0n) is 15.5. The second-order valence-electron chi connectivity index (χ2n) is 5.79. The average molecular weight is 416 g/mol. The molecule has 3 aromatic rings. The molecule has 0 fully saturated rings. The molecule has 9 nitrogen and oxygen atoms in total. The molecular formula is C19H18ClN5O4. The molecule has 1 heterocycles. The van der Waals surface area contributed by atoms with Crippen molar-refractivity contribution >= 4 is 29.5 Å². The summed E-state index contributed by atoms with van der Waals surface area (Å²) in [5.74, 6) is 0.283. The third kappa shape index (κ3) is 5.23. The summed E-state index contributed by atoms with van der Waals surface area (Å²) in [5, 5.41) is 0.603. The van der Waals surface area contributed by atoms with E-state index in [1.807, 2.05) is 18.2 Å². The van der Waals surface area contributed by atoms with Crippen LogP contribution in [-0.4, -0.2) is 28.0 Å². The molecule has 1 aromatic heterocycles. The van der Waals surface area contributed by atoms with E-state index < -0.39 is 5.97 Å². The van der Waals surface area contributed by atoms with Gasteiger partial charge in [-0.05, 0) is 24.3 Å². The number of halogens is 1. The maximum absolute atomic E-state index is 12.3. The summed E-state index contributed by atoms with van der Waals surface area (Å²) in [6.07, 6.45) is 0. The standard InChI is InChI=1S/C19H18ClN5O4/c1-27-15-8-11(17(26)29-10-16-23-18(21)25-19(22)24-16)6-7-14(15)28-9-12-4-2-3-5-13(12)20/h2-8H,9-10H2,1H3,(H4,21,22,23,24,25). The van der Waals surface area contributed by atoms with Gasteiger partial charge in [-0.1, -0.05) is 29.8 Å². The Kier molecular flexibility index (Phi) is 6.30. The van der Waals surface area contributed by atoms with Crippen LogP contribution in [0.15, 0.2) is 42.5 Å². The van der Waals surface area contributed by atoms with Crippen molar-refractivity contribution in [1.82, 2.24) is 15.0 Å². The molecule has 0 unspecified atom stereocenters. The summed E-state index contributed by atoms with van der Waals surface area (Å²) >= 11 is 6.13. The molecule has 2 aromatic carbocycles. The Morgan fingerprint density at radius 2 is 1.72 bits per heavy atom. The van der Waals surface area contributed by atoms with Gasteiger partial charge in [0.15, 0.2) is 23.9 Å². The normalized spacial score (nSPS) is 10.4. The zero-order chi connectivity index (χ0) is 20.8. The van der Waals surface area contributed by atoms with Crippen molar-refractivity contribution in [2.24, 2.45) is 0 Å². The van der Waals surface area contributed by atoms with E-state index in [2.05, 4.69) is 15.0 Å². The average Bonchev–Trinajstić information content (AvgIpc) is 2.70. The van der Waals surface area contributed by atoms with Crippen molar-refractivity contribution in [3.05, 3.63) is 64.4 Å². The monoisotopic (exact) mass is 415 g/mol. The zero-order valence-corrected chi connectivity index (χ0v) is 16.2. The number of hydrogen-bond donors (Lipinski definition) is 2. The number of carbonyl (C=O) groups excluding carboxylic acids is 1. The number of esters is 1. The molecule has 150 valence electrons. The molecule has 0 saturated heterocycles. The number of carbonyl (C=O) groups is 1. The number of nitrogens with two attached hydrogens (primary N) is 2. The Morgan fingerprint density at radius 1 is 1.00 bits per heavy atom. The Bertz CT molecular complexity index is 1010. The predicted molar refractivity (Wildman–Crippen MR) is 107 cm³/mol. The van der Waals surface area contributed by atoms with Crippen LogP contribution in [-0.2, 0) is 18.0 Å². The largest absolute Gasteiger partial charge is 0.493 e. The lowest BCUT2D eigenvalue weighted by atomic mass is 10.2. The molecule has 0 amide bonds. The van der Waals surface area contributed by atoms with Crippen molar-refractivity contribution < 1.29 is 19.0 Å². The van der Waals surface area contributed by atoms with Gasteiger partial charge in [0.05, 0.1) is 12.7 Å². The predicted octanol–water partition coefficient (Wildman–Crippen LogP) is 2.63. The van der Waals surface area contributed by atoms with Gasteiger partial charge in [0.2, 0.25) is 11.9 Å². The van der Waals surface area contributed by atoms with Gasteiger partial charge in [0.1, 0.15) is 6.61 Å². The van der Waals surface area contributed by atoms with Gasteiger partial charge in [-0.25, -0.2) is 4.79 Å². The molecular weight excluding hydrogens is 398 g/mol. The summed E-state index contributed by atoms with van der Waals surface area (Å²) < 4.78 is 16.3. The third-order valence-electron chi connectivity index (χ3n) is 3.79. The summed E-state index contributed by atoms with van der Waals surface area (Å²) in [6, 6.07) is 12.0. The van der Waals surface area contributed by atoms with Crippen LogP contribution < -0.4 is 20.9 Å². The minimum absolute atomic E-state index is 0.0507. The summed E-state index contributed by atoms with van der Waals surface area (Å²) in [7, 11) is 1.48. The quantitative estimate of drug-likeness (QED) is 0.558. The SMILES string of the molecule is COc1cc(C(=O)OCc2nc(N)nc(N)n2)ccc1OCc1ccccc1Cl. The number of rotatable bonds is 7. The van der Waals surface area contributed by atoms with Crippen molar-refractivity contribution in [1.29, 1.82) is 0 Å². The molecule has 0 bridgehead atoms. The number of anilines is 2. The fraction of sp³-hybridized carbons (Fsp3) is 0.158. The van der Waals surface area contributed by atoms with Crippen LogP contribution in [0.2, 0.25) is 5.02 Å². The number of hydrogen-bond acceptors (Lipinski definition) is 9. The fourth-order valence-corrected chi connectivity index (χ4v) is 2.61. The highest BCUT2D eigenvalue weighted by atomic mass is 35.5. The van der Waals surface area contributed by atoms with Crippen molar-refractivity contribution in [3.8, 4) is 11.5 Å². The van der Waals surface area contributed by atoms with Gasteiger partial charge in [-0.15, -0.1) is 0 Å². The van der Waals surface area contributed by atoms with Crippen molar-refractivity contribution in [2.75, 3.05) is 18.6 Å². The second kappa shape index (κ2) is 9.07. The van der Waals surface area contributed by atoms with Gasteiger partial charge in [0.25, 0.3) is 0 Å². The number of aromatic nitrogens is 3. The van der Waals surface area contributed by atoms with Crippen LogP contribution in [0, 0.1) is 0 Å². The maximum atomic E-state index is 12.3. The number of nitrogen functional groups attached to an aromatic ring is 2. The highest BCUT2D eigenvalue weighted by Gasteiger charge is 2.14. The smallest absolute Gasteiger partial charge is 0.338 e. The molecule has 29 heavy (non-hydrogen) atoms. The van der Waals surface area contributed by atoms with E-state index >= 15 is 0 Å². The highest BCUT2D eigenvalue weighted by molar-refractivity contribution is 6.31. The second-order valence-corrected chi connectivity index (χ2v) is 6.20. The lowest BCUT2D eigenvalue weighted by Crippen LogP contribution is -2.11. The van der Waals surface area contributed by atoms with Crippen LogP contribution in [0.1, 0.15) is 21.7 Å². The van der Waals surface area contributed by atoms with Crippen molar-refractivity contribution in [2.45, 2.75) is 13.2 Å². The van der Waals surface area contributed by atoms with Gasteiger partial charge >= 0.3 is 5.97 Å². The van der Waals surface area contributed by atoms with E-state index in [-0.39, 0.29) is 36.5 Å². The molecule has 0 aliphatic carbocycles. The lowest BCUT2D eigenvalue weighted by Gasteiger charge is -2.13. The summed E-state index contributed by atoms with van der Waals surface area (Å²) in [5.41, 5.74) is 12.1. The number of ether oxygens (including phenoxy) is 3. The Balaban J connectivity index is 1.67. The minimum Gasteiger partial charge on any atom is -0.493 e. The van der Waals surface area contributed by atoms with E-state index in [1.165, 1.54) is 13.2 Å². The molecule has 0 aliphatic rings. The molecule has 0 spiro atoms. The van der Waals surface area contributed by atoms with Gasteiger partial charge in [0, 0.05) is 10.6 Å².